The molecule has 2 rings (SSSR count). The van der Waals surface area contributed by atoms with Gasteiger partial charge in [-0.05, 0) is 31.5 Å². The molecule has 1 aliphatic rings. The van der Waals surface area contributed by atoms with Crippen LogP contribution < -0.4 is 10.6 Å². The van der Waals surface area contributed by atoms with Crippen LogP contribution in [0.5, 0.6) is 0 Å². The number of amides is 1. The lowest BCUT2D eigenvalue weighted by Crippen LogP contribution is -2.49. The van der Waals surface area contributed by atoms with Crippen LogP contribution in [0.1, 0.15) is 25.7 Å². The van der Waals surface area contributed by atoms with Gasteiger partial charge in [0.2, 0.25) is 5.91 Å². The van der Waals surface area contributed by atoms with E-state index in [1.165, 1.54) is 6.07 Å². The van der Waals surface area contributed by atoms with Gasteiger partial charge in [0, 0.05) is 32.6 Å². The van der Waals surface area contributed by atoms with Crippen molar-refractivity contribution < 1.29 is 9.18 Å². The molecule has 0 aliphatic carbocycles. The zero-order chi connectivity index (χ0) is 15.1. The van der Waals surface area contributed by atoms with Crippen LogP contribution in [0.2, 0.25) is 0 Å². The van der Waals surface area contributed by atoms with Gasteiger partial charge in [0.15, 0.2) is 0 Å². The molecule has 21 heavy (non-hydrogen) atoms. The van der Waals surface area contributed by atoms with Crippen LogP contribution in [0.3, 0.4) is 0 Å². The van der Waals surface area contributed by atoms with Gasteiger partial charge in [-0.2, -0.15) is 0 Å². The first-order valence-electron chi connectivity index (χ1n) is 7.69. The number of para-hydroxylation sites is 1. The standard InChI is InChI=1S/C16H24FN3O/c17-14-6-3-4-7-15(14)19-10-12-20(13-11-19)16(21)8-2-1-5-9-18/h3-4,6-7H,1-2,5,8-13,18H2. The minimum atomic E-state index is -0.195. The number of nitrogens with zero attached hydrogens (tertiary/aromatic N) is 2. The summed E-state index contributed by atoms with van der Waals surface area (Å²) in [4.78, 5) is 16.0. The van der Waals surface area contributed by atoms with Gasteiger partial charge in [0.25, 0.3) is 0 Å². The predicted octanol–water partition coefficient (Wildman–Crippen LogP) is 1.99. The molecular formula is C16H24FN3O. The highest BCUT2D eigenvalue weighted by molar-refractivity contribution is 5.76. The second-order valence-electron chi connectivity index (χ2n) is 5.42. The monoisotopic (exact) mass is 293 g/mol. The molecule has 0 aromatic heterocycles. The summed E-state index contributed by atoms with van der Waals surface area (Å²) in [5.41, 5.74) is 6.07. The fourth-order valence-electron chi connectivity index (χ4n) is 2.66. The largest absolute Gasteiger partial charge is 0.366 e. The Morgan fingerprint density at radius 1 is 1.10 bits per heavy atom. The summed E-state index contributed by atoms with van der Waals surface area (Å²) in [5, 5.41) is 0. The van der Waals surface area contributed by atoms with Crippen LogP contribution in [-0.2, 0) is 4.79 Å². The number of benzene rings is 1. The van der Waals surface area contributed by atoms with Gasteiger partial charge < -0.3 is 15.5 Å². The predicted molar refractivity (Wildman–Crippen MR) is 82.7 cm³/mol. The van der Waals surface area contributed by atoms with E-state index in [1.54, 1.807) is 12.1 Å². The van der Waals surface area contributed by atoms with Gasteiger partial charge in [-0.3, -0.25) is 4.79 Å². The van der Waals surface area contributed by atoms with E-state index in [-0.39, 0.29) is 11.7 Å². The Bertz CT molecular complexity index is 459. The number of nitrogens with two attached hydrogens (primary N) is 1. The summed E-state index contributed by atoms with van der Waals surface area (Å²) in [6.45, 7) is 3.41. The average Bonchev–Trinajstić information content (AvgIpc) is 2.52. The Balaban J connectivity index is 1.78. The molecule has 1 aliphatic heterocycles. The number of piperazine rings is 1. The minimum Gasteiger partial charge on any atom is -0.366 e. The van der Waals surface area contributed by atoms with Gasteiger partial charge >= 0.3 is 0 Å². The molecule has 4 nitrogen and oxygen atoms in total. The van der Waals surface area contributed by atoms with Gasteiger partial charge in [-0.1, -0.05) is 18.6 Å². The van der Waals surface area contributed by atoms with Crippen LogP contribution >= 0.6 is 0 Å². The lowest BCUT2D eigenvalue weighted by atomic mass is 10.1. The van der Waals surface area contributed by atoms with E-state index >= 15 is 0 Å². The first-order chi connectivity index (χ1) is 10.2. The molecule has 1 heterocycles. The molecule has 0 saturated carbocycles. The van der Waals surface area contributed by atoms with Crippen molar-refractivity contribution in [2.75, 3.05) is 37.6 Å². The number of halogens is 1. The number of unbranched alkanes of at least 4 members (excludes halogenated alkanes) is 2. The van der Waals surface area contributed by atoms with E-state index in [0.29, 0.717) is 44.8 Å². The second-order valence-corrected chi connectivity index (χ2v) is 5.42. The quantitative estimate of drug-likeness (QED) is 0.816. The normalized spacial score (nSPS) is 15.3. The van der Waals surface area contributed by atoms with Crippen molar-refractivity contribution in [3.05, 3.63) is 30.1 Å². The van der Waals surface area contributed by atoms with Gasteiger partial charge in [-0.15, -0.1) is 0 Å². The second kappa shape index (κ2) is 7.98. The number of carbonyl (C=O) groups excluding carboxylic acids is 1. The van der Waals surface area contributed by atoms with E-state index in [9.17, 15) is 9.18 Å². The molecule has 0 unspecified atom stereocenters. The molecule has 116 valence electrons. The third-order valence-electron chi connectivity index (χ3n) is 3.92. The SMILES string of the molecule is NCCCCCC(=O)N1CCN(c2ccccc2F)CC1. The van der Waals surface area contributed by atoms with Crippen molar-refractivity contribution in [3.63, 3.8) is 0 Å². The average molecular weight is 293 g/mol. The molecule has 5 heteroatoms. The Kier molecular flexibility index (Phi) is 5.99. The zero-order valence-electron chi connectivity index (χ0n) is 12.4. The minimum absolute atomic E-state index is 0.195. The van der Waals surface area contributed by atoms with Crippen LogP contribution in [0, 0.1) is 5.82 Å². The number of rotatable bonds is 6. The maximum absolute atomic E-state index is 13.7. The molecule has 1 aromatic rings. The maximum atomic E-state index is 13.7. The van der Waals surface area contributed by atoms with Crippen molar-refractivity contribution in [3.8, 4) is 0 Å². The van der Waals surface area contributed by atoms with Gasteiger partial charge in [0.1, 0.15) is 5.82 Å². The fourth-order valence-corrected chi connectivity index (χ4v) is 2.66. The fraction of sp³-hybridized carbons (Fsp3) is 0.562. The molecule has 0 atom stereocenters. The topological polar surface area (TPSA) is 49.6 Å². The first-order valence-corrected chi connectivity index (χ1v) is 7.69. The molecule has 1 amide bonds. The number of hydrogen-bond acceptors (Lipinski definition) is 3. The van der Waals surface area contributed by atoms with E-state index < -0.39 is 0 Å². The van der Waals surface area contributed by atoms with E-state index in [0.717, 1.165) is 19.3 Å². The summed E-state index contributed by atoms with van der Waals surface area (Å²) < 4.78 is 13.7. The van der Waals surface area contributed by atoms with Crippen molar-refractivity contribution in [2.24, 2.45) is 5.73 Å². The van der Waals surface area contributed by atoms with E-state index in [1.807, 2.05) is 15.9 Å². The van der Waals surface area contributed by atoms with E-state index in [2.05, 4.69) is 0 Å². The van der Waals surface area contributed by atoms with Gasteiger partial charge in [-0.25, -0.2) is 4.39 Å². The summed E-state index contributed by atoms with van der Waals surface area (Å²) in [5.74, 6) is 0.0132. The first kappa shape index (κ1) is 15.8. The van der Waals surface area contributed by atoms with Crippen molar-refractivity contribution in [1.82, 2.24) is 4.90 Å². The van der Waals surface area contributed by atoms with Crippen LogP contribution in [-0.4, -0.2) is 43.5 Å². The third kappa shape index (κ3) is 4.43. The molecule has 2 N–H and O–H groups in total. The molecule has 1 saturated heterocycles. The van der Waals surface area contributed by atoms with Crippen molar-refractivity contribution in [1.29, 1.82) is 0 Å². The molecule has 1 aromatic carbocycles. The summed E-state index contributed by atoms with van der Waals surface area (Å²) >= 11 is 0. The van der Waals surface area contributed by atoms with Crippen LogP contribution in [0.15, 0.2) is 24.3 Å². The number of hydrogen-bond donors (Lipinski definition) is 1. The zero-order valence-corrected chi connectivity index (χ0v) is 12.4. The third-order valence-corrected chi connectivity index (χ3v) is 3.92. The Labute approximate surface area is 125 Å². The molecule has 0 radical (unpaired) electrons. The number of carbonyl (C=O) groups is 1. The highest BCUT2D eigenvalue weighted by Crippen LogP contribution is 2.20. The maximum Gasteiger partial charge on any atom is 0.222 e. The van der Waals surface area contributed by atoms with E-state index in [4.69, 9.17) is 5.73 Å². The van der Waals surface area contributed by atoms with Crippen LogP contribution in [0.25, 0.3) is 0 Å². The van der Waals surface area contributed by atoms with Crippen molar-refractivity contribution >= 4 is 11.6 Å². The molecule has 0 spiro atoms. The Morgan fingerprint density at radius 2 is 1.81 bits per heavy atom. The lowest BCUT2D eigenvalue weighted by molar-refractivity contribution is -0.131. The lowest BCUT2D eigenvalue weighted by Gasteiger charge is -2.36. The number of anilines is 1. The summed E-state index contributed by atoms with van der Waals surface area (Å²) in [7, 11) is 0. The van der Waals surface area contributed by atoms with Crippen molar-refractivity contribution in [2.45, 2.75) is 25.7 Å². The smallest absolute Gasteiger partial charge is 0.222 e. The molecule has 1 fully saturated rings. The molecule has 0 bridgehead atoms. The Hall–Kier alpha value is -1.62. The highest BCUT2D eigenvalue weighted by atomic mass is 19.1. The molecular weight excluding hydrogens is 269 g/mol. The summed E-state index contributed by atoms with van der Waals surface area (Å²) in [6.07, 6.45) is 3.50. The Morgan fingerprint density at radius 3 is 2.48 bits per heavy atom. The summed E-state index contributed by atoms with van der Waals surface area (Å²) in [6, 6.07) is 6.80. The van der Waals surface area contributed by atoms with Gasteiger partial charge in [0.05, 0.1) is 5.69 Å². The van der Waals surface area contributed by atoms with Crippen LogP contribution in [0.4, 0.5) is 10.1 Å². The highest BCUT2D eigenvalue weighted by Gasteiger charge is 2.22.